The maximum absolute atomic E-state index is 12.8. The van der Waals surface area contributed by atoms with Crippen molar-refractivity contribution in [2.24, 2.45) is 0 Å². The molecular formula is C14H25ClF2O. The quantitative estimate of drug-likeness (QED) is 0.331. The Kier molecular flexibility index (Phi) is 10.6. The van der Waals surface area contributed by atoms with Crippen molar-refractivity contribution in [1.29, 1.82) is 0 Å². The number of unbranched alkanes of at least 4 members (excludes halogenated alkanes) is 9. The maximum atomic E-state index is 12.8. The van der Waals surface area contributed by atoms with Gasteiger partial charge in [0.2, 0.25) is 0 Å². The lowest BCUT2D eigenvalue weighted by molar-refractivity contribution is -0.134. The lowest BCUT2D eigenvalue weighted by Crippen LogP contribution is -2.23. The maximum Gasteiger partial charge on any atom is 0.320 e. The summed E-state index contributed by atoms with van der Waals surface area (Å²) in [7, 11) is 0. The SMILES string of the molecule is CCCCCCCCCCCCC(F)(F)C(=O)Cl. The van der Waals surface area contributed by atoms with E-state index in [2.05, 4.69) is 6.92 Å². The van der Waals surface area contributed by atoms with Crippen LogP contribution in [-0.2, 0) is 4.79 Å². The summed E-state index contributed by atoms with van der Waals surface area (Å²) in [5.74, 6) is -3.33. The first-order valence-electron chi connectivity index (χ1n) is 7.08. The molecule has 0 aliphatic carbocycles. The van der Waals surface area contributed by atoms with Crippen LogP contribution in [-0.4, -0.2) is 11.2 Å². The van der Waals surface area contributed by atoms with Gasteiger partial charge in [-0.1, -0.05) is 64.7 Å². The average Bonchev–Trinajstić information content (AvgIpc) is 2.31. The highest BCUT2D eigenvalue weighted by molar-refractivity contribution is 6.65. The Labute approximate surface area is 114 Å². The van der Waals surface area contributed by atoms with E-state index in [4.69, 9.17) is 11.6 Å². The zero-order valence-electron chi connectivity index (χ0n) is 11.3. The minimum absolute atomic E-state index is 0.376. The molecule has 108 valence electrons. The first kappa shape index (κ1) is 17.8. The van der Waals surface area contributed by atoms with Crippen LogP contribution in [0, 0.1) is 0 Å². The van der Waals surface area contributed by atoms with E-state index in [1.54, 1.807) is 0 Å². The Morgan fingerprint density at radius 3 is 1.67 bits per heavy atom. The molecular weight excluding hydrogens is 258 g/mol. The predicted molar refractivity (Wildman–Crippen MR) is 72.3 cm³/mol. The lowest BCUT2D eigenvalue weighted by atomic mass is 10.0. The first-order valence-corrected chi connectivity index (χ1v) is 7.46. The van der Waals surface area contributed by atoms with Gasteiger partial charge in [-0.3, -0.25) is 4.79 Å². The summed E-state index contributed by atoms with van der Waals surface area (Å²) in [6.45, 7) is 2.20. The average molecular weight is 283 g/mol. The second-order valence-corrected chi connectivity index (χ2v) is 5.25. The van der Waals surface area contributed by atoms with Gasteiger partial charge in [0.1, 0.15) is 0 Å². The van der Waals surface area contributed by atoms with Crippen LogP contribution >= 0.6 is 11.6 Å². The summed E-state index contributed by atoms with van der Waals surface area (Å²) < 4.78 is 25.6. The van der Waals surface area contributed by atoms with Crippen LogP contribution in [0.15, 0.2) is 0 Å². The van der Waals surface area contributed by atoms with E-state index in [9.17, 15) is 13.6 Å². The van der Waals surface area contributed by atoms with Gasteiger partial charge in [-0.15, -0.1) is 0 Å². The zero-order valence-corrected chi connectivity index (χ0v) is 12.1. The Balaban J connectivity index is 3.24. The lowest BCUT2D eigenvalue weighted by Gasteiger charge is -2.10. The normalized spacial score (nSPS) is 11.8. The van der Waals surface area contributed by atoms with Gasteiger partial charge in [-0.2, -0.15) is 8.78 Å². The minimum atomic E-state index is -3.33. The number of hydrogen-bond donors (Lipinski definition) is 0. The third-order valence-electron chi connectivity index (χ3n) is 3.13. The third-order valence-corrected chi connectivity index (χ3v) is 3.41. The van der Waals surface area contributed by atoms with Gasteiger partial charge in [-0.25, -0.2) is 0 Å². The van der Waals surface area contributed by atoms with E-state index in [0.29, 0.717) is 6.42 Å². The van der Waals surface area contributed by atoms with Crippen molar-refractivity contribution in [3.63, 3.8) is 0 Å². The van der Waals surface area contributed by atoms with Gasteiger partial charge in [0.05, 0.1) is 0 Å². The zero-order chi connectivity index (χ0) is 13.9. The largest absolute Gasteiger partial charge is 0.320 e. The third kappa shape index (κ3) is 9.81. The van der Waals surface area contributed by atoms with Crippen molar-refractivity contribution in [1.82, 2.24) is 0 Å². The molecule has 1 nitrogen and oxygen atoms in total. The highest BCUT2D eigenvalue weighted by Gasteiger charge is 2.36. The minimum Gasteiger partial charge on any atom is -0.274 e. The van der Waals surface area contributed by atoms with E-state index in [1.165, 1.54) is 38.5 Å². The molecule has 0 fully saturated rings. The molecule has 0 aromatic heterocycles. The molecule has 0 aromatic carbocycles. The Hall–Kier alpha value is -0.180. The highest BCUT2D eigenvalue weighted by Crippen LogP contribution is 2.24. The molecule has 0 atom stereocenters. The molecule has 0 bridgehead atoms. The van der Waals surface area contributed by atoms with Crippen molar-refractivity contribution >= 4 is 16.8 Å². The molecule has 0 unspecified atom stereocenters. The Morgan fingerprint density at radius 2 is 1.28 bits per heavy atom. The molecule has 0 aliphatic heterocycles. The van der Waals surface area contributed by atoms with E-state index in [1.807, 2.05) is 0 Å². The molecule has 0 aliphatic rings. The van der Waals surface area contributed by atoms with Crippen LogP contribution in [0.25, 0.3) is 0 Å². The van der Waals surface area contributed by atoms with Gasteiger partial charge in [0.25, 0.3) is 5.24 Å². The van der Waals surface area contributed by atoms with Crippen LogP contribution in [0.1, 0.15) is 77.6 Å². The molecule has 0 saturated heterocycles. The molecule has 0 amide bonds. The van der Waals surface area contributed by atoms with Crippen LogP contribution in [0.2, 0.25) is 0 Å². The fraction of sp³-hybridized carbons (Fsp3) is 0.929. The van der Waals surface area contributed by atoms with Gasteiger partial charge < -0.3 is 0 Å². The number of halogens is 3. The van der Waals surface area contributed by atoms with Crippen LogP contribution < -0.4 is 0 Å². The second-order valence-electron chi connectivity index (χ2n) is 4.91. The molecule has 0 N–H and O–H groups in total. The van der Waals surface area contributed by atoms with Crippen LogP contribution in [0.3, 0.4) is 0 Å². The number of carbonyl (C=O) groups is 1. The molecule has 0 aromatic rings. The highest BCUT2D eigenvalue weighted by atomic mass is 35.5. The summed E-state index contributed by atoms with van der Waals surface area (Å²) >= 11 is 4.80. The van der Waals surface area contributed by atoms with E-state index in [0.717, 1.165) is 19.3 Å². The van der Waals surface area contributed by atoms with Gasteiger partial charge >= 0.3 is 5.92 Å². The molecule has 4 heteroatoms. The summed E-state index contributed by atoms with van der Waals surface area (Å²) in [5.41, 5.74) is 0. The van der Waals surface area contributed by atoms with Gasteiger partial charge in [0, 0.05) is 6.42 Å². The second kappa shape index (κ2) is 10.7. The molecule has 0 radical (unpaired) electrons. The van der Waals surface area contributed by atoms with Gasteiger partial charge in [-0.05, 0) is 18.0 Å². The molecule has 18 heavy (non-hydrogen) atoms. The Morgan fingerprint density at radius 1 is 0.889 bits per heavy atom. The van der Waals surface area contributed by atoms with Crippen LogP contribution in [0.5, 0.6) is 0 Å². The number of alkyl halides is 2. The topological polar surface area (TPSA) is 17.1 Å². The summed E-state index contributed by atoms with van der Waals surface area (Å²) in [6, 6.07) is 0. The molecule has 0 saturated carbocycles. The standard InChI is InChI=1S/C14H25ClF2O/c1-2-3-4-5-6-7-8-9-10-11-12-14(16,17)13(15)18/h2-12H2,1H3. The summed E-state index contributed by atoms with van der Waals surface area (Å²) in [5, 5.41) is -1.53. The van der Waals surface area contributed by atoms with E-state index < -0.39 is 17.6 Å². The first-order chi connectivity index (χ1) is 8.50. The number of hydrogen-bond acceptors (Lipinski definition) is 1. The van der Waals surface area contributed by atoms with Crippen LogP contribution in [0.4, 0.5) is 8.78 Å². The van der Waals surface area contributed by atoms with E-state index >= 15 is 0 Å². The molecule has 0 spiro atoms. The molecule has 0 heterocycles. The predicted octanol–water partition coefficient (Wildman–Crippen LogP) is 5.70. The number of carbonyl (C=O) groups excluding carboxylic acids is 1. The van der Waals surface area contributed by atoms with Gasteiger partial charge in [0.15, 0.2) is 0 Å². The van der Waals surface area contributed by atoms with Crippen molar-refractivity contribution in [3.05, 3.63) is 0 Å². The number of rotatable bonds is 12. The van der Waals surface area contributed by atoms with Crippen molar-refractivity contribution in [2.45, 2.75) is 83.5 Å². The fourth-order valence-electron chi connectivity index (χ4n) is 1.93. The summed E-state index contributed by atoms with van der Waals surface area (Å²) in [4.78, 5) is 10.4. The monoisotopic (exact) mass is 282 g/mol. The smallest absolute Gasteiger partial charge is 0.274 e. The van der Waals surface area contributed by atoms with E-state index in [-0.39, 0.29) is 0 Å². The van der Waals surface area contributed by atoms with Crippen molar-refractivity contribution < 1.29 is 13.6 Å². The Bertz CT molecular complexity index is 220. The summed E-state index contributed by atoms with van der Waals surface area (Å²) in [6.07, 6.45) is 10.4. The fourth-order valence-corrected chi connectivity index (χ4v) is 2.03. The molecule has 0 rings (SSSR count). The van der Waals surface area contributed by atoms with Crippen molar-refractivity contribution in [2.75, 3.05) is 0 Å². The van der Waals surface area contributed by atoms with Crippen molar-refractivity contribution in [3.8, 4) is 0 Å².